The Labute approximate surface area is 133 Å². The highest BCUT2D eigenvalue weighted by Crippen LogP contribution is 2.40. The molecular formula is C15H21BrN2O3. The molecule has 1 aliphatic heterocycles. The molecule has 1 heterocycles. The number of rotatable bonds is 5. The first-order chi connectivity index (χ1) is 9.84. The van der Waals surface area contributed by atoms with Crippen LogP contribution in [0, 0.1) is 5.92 Å². The lowest BCUT2D eigenvalue weighted by atomic mass is 9.90. The van der Waals surface area contributed by atoms with Crippen molar-refractivity contribution in [1.29, 1.82) is 0 Å². The highest BCUT2D eigenvalue weighted by atomic mass is 79.9. The van der Waals surface area contributed by atoms with E-state index in [1.54, 1.807) is 12.1 Å². The molecule has 6 heteroatoms. The second-order valence-electron chi connectivity index (χ2n) is 6.01. The van der Waals surface area contributed by atoms with Gasteiger partial charge in [0.2, 0.25) is 6.79 Å². The maximum absolute atomic E-state index is 12.5. The van der Waals surface area contributed by atoms with Gasteiger partial charge < -0.3 is 20.5 Å². The summed E-state index contributed by atoms with van der Waals surface area (Å²) in [6.07, 6.45) is 0.820. The molecule has 0 aromatic heterocycles. The normalized spacial score (nSPS) is 15.9. The molecule has 3 N–H and O–H groups in total. The van der Waals surface area contributed by atoms with Gasteiger partial charge in [-0.2, -0.15) is 0 Å². The van der Waals surface area contributed by atoms with Crippen molar-refractivity contribution < 1.29 is 14.3 Å². The molecule has 0 fully saturated rings. The molecule has 1 amide bonds. The Hall–Kier alpha value is -1.27. The third-order valence-corrected chi connectivity index (χ3v) is 4.00. The number of amides is 1. The molecule has 116 valence electrons. The summed E-state index contributed by atoms with van der Waals surface area (Å²) < 4.78 is 11.4. The van der Waals surface area contributed by atoms with Gasteiger partial charge in [0.15, 0.2) is 11.5 Å². The van der Waals surface area contributed by atoms with Gasteiger partial charge in [0.05, 0.1) is 4.47 Å². The zero-order valence-electron chi connectivity index (χ0n) is 12.5. The van der Waals surface area contributed by atoms with Crippen molar-refractivity contribution in [2.24, 2.45) is 11.7 Å². The molecule has 1 aromatic carbocycles. The summed E-state index contributed by atoms with van der Waals surface area (Å²) in [6.45, 7) is 6.75. The van der Waals surface area contributed by atoms with Crippen LogP contribution in [0.4, 0.5) is 0 Å². The van der Waals surface area contributed by atoms with Crippen LogP contribution < -0.4 is 20.5 Å². The Balaban J connectivity index is 2.19. The maximum atomic E-state index is 12.5. The van der Waals surface area contributed by atoms with Gasteiger partial charge in [-0.25, -0.2) is 0 Å². The summed E-state index contributed by atoms with van der Waals surface area (Å²) in [7, 11) is 0. The van der Waals surface area contributed by atoms with Crippen LogP contribution in [0.2, 0.25) is 0 Å². The molecule has 1 atom stereocenters. The second-order valence-corrected chi connectivity index (χ2v) is 6.86. The molecule has 2 rings (SSSR count). The number of benzene rings is 1. The number of carbonyl (C=O) groups excluding carboxylic acids is 1. The van der Waals surface area contributed by atoms with Gasteiger partial charge in [0, 0.05) is 17.6 Å². The maximum Gasteiger partial charge on any atom is 0.251 e. The van der Waals surface area contributed by atoms with Crippen molar-refractivity contribution >= 4 is 21.8 Å². The van der Waals surface area contributed by atoms with E-state index in [-0.39, 0.29) is 12.7 Å². The van der Waals surface area contributed by atoms with E-state index in [1.807, 2.05) is 6.92 Å². The van der Waals surface area contributed by atoms with Gasteiger partial charge in [0.1, 0.15) is 0 Å². The number of nitrogens with one attached hydrogen (secondary N) is 1. The van der Waals surface area contributed by atoms with Crippen molar-refractivity contribution in [3.8, 4) is 11.5 Å². The minimum absolute atomic E-state index is 0.164. The number of fused-ring (bicyclic) bond motifs is 1. The molecule has 0 bridgehead atoms. The second kappa shape index (κ2) is 6.23. The zero-order chi connectivity index (χ0) is 15.6. The Morgan fingerprint density at radius 3 is 2.81 bits per heavy atom. The number of ether oxygens (including phenoxy) is 2. The lowest BCUT2D eigenvalue weighted by molar-refractivity contribution is 0.0897. The molecule has 5 nitrogen and oxygen atoms in total. The molecule has 1 unspecified atom stereocenters. The third-order valence-electron chi connectivity index (χ3n) is 3.41. The van der Waals surface area contributed by atoms with Gasteiger partial charge >= 0.3 is 0 Å². The molecule has 21 heavy (non-hydrogen) atoms. The molecule has 0 saturated carbocycles. The van der Waals surface area contributed by atoms with E-state index in [0.29, 0.717) is 34.0 Å². The van der Waals surface area contributed by atoms with Crippen LogP contribution in [0.5, 0.6) is 11.5 Å². The van der Waals surface area contributed by atoms with Crippen molar-refractivity contribution in [2.75, 3.05) is 13.3 Å². The number of hydrogen-bond donors (Lipinski definition) is 2. The number of nitrogens with two attached hydrogens (primary N) is 1. The lowest BCUT2D eigenvalue weighted by Crippen LogP contribution is -2.52. The van der Waals surface area contributed by atoms with E-state index in [0.717, 1.165) is 6.42 Å². The monoisotopic (exact) mass is 356 g/mol. The Bertz CT molecular complexity index is 548. The van der Waals surface area contributed by atoms with Crippen molar-refractivity contribution in [3.63, 3.8) is 0 Å². The fourth-order valence-electron chi connectivity index (χ4n) is 2.53. The summed E-state index contributed by atoms with van der Waals surface area (Å²) >= 11 is 3.39. The van der Waals surface area contributed by atoms with Gasteiger partial charge in [-0.15, -0.1) is 0 Å². The van der Waals surface area contributed by atoms with Gasteiger partial charge in [-0.05, 0) is 47.3 Å². The van der Waals surface area contributed by atoms with Gasteiger partial charge in [-0.3, -0.25) is 4.79 Å². The van der Waals surface area contributed by atoms with Crippen molar-refractivity contribution in [3.05, 3.63) is 22.2 Å². The molecule has 1 aliphatic rings. The highest BCUT2D eigenvalue weighted by molar-refractivity contribution is 9.10. The molecule has 0 aliphatic carbocycles. The Kier molecular flexibility index (Phi) is 4.78. The van der Waals surface area contributed by atoms with Gasteiger partial charge in [-0.1, -0.05) is 13.8 Å². The summed E-state index contributed by atoms with van der Waals surface area (Å²) in [5.74, 6) is 1.49. The van der Waals surface area contributed by atoms with E-state index < -0.39 is 5.54 Å². The summed E-state index contributed by atoms with van der Waals surface area (Å²) in [5, 5.41) is 3.03. The first-order valence-corrected chi connectivity index (χ1v) is 7.75. The number of halogens is 1. The average molecular weight is 357 g/mol. The lowest BCUT2D eigenvalue weighted by Gasteiger charge is -2.31. The standard InChI is InChI=1S/C15H21BrN2O3/c1-9(2)6-15(3,7-17)18-14(19)10-4-11(16)13-12(5-10)20-8-21-13/h4-5,9H,6-8,17H2,1-3H3,(H,18,19). The molecule has 0 spiro atoms. The van der Waals surface area contributed by atoms with Crippen LogP contribution in [0.15, 0.2) is 16.6 Å². The smallest absolute Gasteiger partial charge is 0.251 e. The molecule has 0 saturated heterocycles. The molecular weight excluding hydrogens is 336 g/mol. The summed E-state index contributed by atoms with van der Waals surface area (Å²) in [4.78, 5) is 12.5. The minimum Gasteiger partial charge on any atom is -0.454 e. The fourth-order valence-corrected chi connectivity index (χ4v) is 3.09. The van der Waals surface area contributed by atoms with Crippen molar-refractivity contribution in [2.45, 2.75) is 32.7 Å². The molecule has 1 aromatic rings. The highest BCUT2D eigenvalue weighted by Gasteiger charge is 2.28. The SMILES string of the molecule is CC(C)CC(C)(CN)NC(=O)c1cc(Br)c2c(c1)OCO2. The predicted octanol–water partition coefficient (Wildman–Crippen LogP) is 2.67. The minimum atomic E-state index is -0.423. The quantitative estimate of drug-likeness (QED) is 0.850. The van der Waals surface area contributed by atoms with Crippen LogP contribution in [-0.2, 0) is 0 Å². The molecule has 0 radical (unpaired) electrons. The largest absolute Gasteiger partial charge is 0.454 e. The Morgan fingerprint density at radius 2 is 2.19 bits per heavy atom. The Morgan fingerprint density at radius 1 is 1.48 bits per heavy atom. The van der Waals surface area contributed by atoms with E-state index in [2.05, 4.69) is 35.1 Å². The van der Waals surface area contributed by atoms with Crippen LogP contribution in [0.25, 0.3) is 0 Å². The average Bonchev–Trinajstić information content (AvgIpc) is 2.86. The third kappa shape index (κ3) is 3.68. The first-order valence-electron chi connectivity index (χ1n) is 6.96. The zero-order valence-corrected chi connectivity index (χ0v) is 14.1. The van der Waals surface area contributed by atoms with Gasteiger partial charge in [0.25, 0.3) is 5.91 Å². The van der Waals surface area contributed by atoms with E-state index in [9.17, 15) is 4.79 Å². The van der Waals surface area contributed by atoms with Crippen LogP contribution in [-0.4, -0.2) is 24.8 Å². The van der Waals surface area contributed by atoms with E-state index in [1.165, 1.54) is 0 Å². The topological polar surface area (TPSA) is 73.6 Å². The predicted molar refractivity (Wildman–Crippen MR) is 84.6 cm³/mol. The van der Waals surface area contributed by atoms with Crippen LogP contribution >= 0.6 is 15.9 Å². The first kappa shape index (κ1) is 16.1. The van der Waals surface area contributed by atoms with Crippen LogP contribution in [0.3, 0.4) is 0 Å². The summed E-state index contributed by atoms with van der Waals surface area (Å²) in [6, 6.07) is 3.42. The van der Waals surface area contributed by atoms with Crippen molar-refractivity contribution in [1.82, 2.24) is 5.32 Å². The van der Waals surface area contributed by atoms with E-state index >= 15 is 0 Å². The summed E-state index contributed by atoms with van der Waals surface area (Å²) in [5.41, 5.74) is 5.93. The van der Waals surface area contributed by atoms with E-state index in [4.69, 9.17) is 15.2 Å². The number of carbonyl (C=O) groups is 1. The van der Waals surface area contributed by atoms with Crippen LogP contribution in [0.1, 0.15) is 37.6 Å². The number of hydrogen-bond acceptors (Lipinski definition) is 4. The fraction of sp³-hybridized carbons (Fsp3) is 0.533.